The van der Waals surface area contributed by atoms with E-state index >= 15 is 0 Å². The SMILES string of the molecule is CCCNCCc1ccc(CCN)cc1. The molecule has 0 amide bonds. The molecule has 1 rings (SSSR count). The lowest BCUT2D eigenvalue weighted by atomic mass is 10.1. The highest BCUT2D eigenvalue weighted by molar-refractivity contribution is 5.22. The Hall–Kier alpha value is -0.860. The highest BCUT2D eigenvalue weighted by atomic mass is 14.8. The van der Waals surface area contributed by atoms with Crippen molar-refractivity contribution < 1.29 is 0 Å². The molecule has 0 aromatic heterocycles. The summed E-state index contributed by atoms with van der Waals surface area (Å²) in [6.07, 6.45) is 3.30. The number of nitrogens with two attached hydrogens (primary N) is 1. The molecule has 2 heteroatoms. The molecule has 0 aliphatic heterocycles. The third-order valence-corrected chi connectivity index (χ3v) is 2.47. The second-order valence-corrected chi connectivity index (χ2v) is 3.86. The number of rotatable bonds is 7. The van der Waals surface area contributed by atoms with Crippen molar-refractivity contribution in [2.75, 3.05) is 19.6 Å². The van der Waals surface area contributed by atoms with Crippen LogP contribution in [-0.4, -0.2) is 19.6 Å². The summed E-state index contributed by atoms with van der Waals surface area (Å²) in [5, 5.41) is 3.40. The topological polar surface area (TPSA) is 38.0 Å². The van der Waals surface area contributed by atoms with Gasteiger partial charge in [0.25, 0.3) is 0 Å². The first-order valence-corrected chi connectivity index (χ1v) is 5.85. The molecule has 1 aromatic carbocycles. The summed E-state index contributed by atoms with van der Waals surface area (Å²) in [5.41, 5.74) is 8.24. The predicted octanol–water partition coefficient (Wildman–Crippen LogP) is 1.73. The molecule has 0 bridgehead atoms. The van der Waals surface area contributed by atoms with E-state index in [1.165, 1.54) is 17.5 Å². The van der Waals surface area contributed by atoms with E-state index in [0.717, 1.165) is 32.5 Å². The minimum Gasteiger partial charge on any atom is -0.330 e. The van der Waals surface area contributed by atoms with E-state index in [2.05, 4.69) is 36.5 Å². The lowest BCUT2D eigenvalue weighted by Gasteiger charge is -2.04. The molecule has 2 nitrogen and oxygen atoms in total. The van der Waals surface area contributed by atoms with Crippen molar-refractivity contribution in [3.05, 3.63) is 35.4 Å². The van der Waals surface area contributed by atoms with Crippen LogP contribution in [-0.2, 0) is 12.8 Å². The lowest BCUT2D eigenvalue weighted by Crippen LogP contribution is -2.17. The van der Waals surface area contributed by atoms with Crippen LogP contribution in [0.4, 0.5) is 0 Å². The molecular formula is C13H22N2. The molecule has 0 radical (unpaired) electrons. The zero-order valence-corrected chi connectivity index (χ0v) is 9.63. The second kappa shape index (κ2) is 7.43. The van der Waals surface area contributed by atoms with Gasteiger partial charge < -0.3 is 11.1 Å². The zero-order valence-electron chi connectivity index (χ0n) is 9.63. The van der Waals surface area contributed by atoms with Gasteiger partial charge in [-0.05, 0) is 50.0 Å². The number of benzene rings is 1. The van der Waals surface area contributed by atoms with Crippen LogP contribution in [0, 0.1) is 0 Å². The van der Waals surface area contributed by atoms with Crippen molar-refractivity contribution in [3.8, 4) is 0 Å². The van der Waals surface area contributed by atoms with E-state index < -0.39 is 0 Å². The molecule has 15 heavy (non-hydrogen) atoms. The van der Waals surface area contributed by atoms with Crippen molar-refractivity contribution in [3.63, 3.8) is 0 Å². The Labute approximate surface area is 92.9 Å². The molecule has 0 saturated heterocycles. The van der Waals surface area contributed by atoms with Gasteiger partial charge in [0, 0.05) is 0 Å². The summed E-state index contributed by atoms with van der Waals surface area (Å²) in [7, 11) is 0. The van der Waals surface area contributed by atoms with Crippen LogP contribution in [0.25, 0.3) is 0 Å². The highest BCUT2D eigenvalue weighted by Crippen LogP contribution is 2.05. The molecule has 0 unspecified atom stereocenters. The van der Waals surface area contributed by atoms with Gasteiger partial charge in [-0.1, -0.05) is 31.2 Å². The van der Waals surface area contributed by atoms with E-state index in [4.69, 9.17) is 5.73 Å². The van der Waals surface area contributed by atoms with Crippen LogP contribution < -0.4 is 11.1 Å². The van der Waals surface area contributed by atoms with Crippen LogP contribution in [0.3, 0.4) is 0 Å². The molecule has 84 valence electrons. The zero-order chi connectivity index (χ0) is 10.9. The summed E-state index contributed by atoms with van der Waals surface area (Å²) in [6, 6.07) is 8.78. The van der Waals surface area contributed by atoms with E-state index in [1.54, 1.807) is 0 Å². The van der Waals surface area contributed by atoms with Gasteiger partial charge in [0.1, 0.15) is 0 Å². The second-order valence-electron chi connectivity index (χ2n) is 3.86. The van der Waals surface area contributed by atoms with Crippen molar-refractivity contribution in [1.29, 1.82) is 0 Å². The van der Waals surface area contributed by atoms with Crippen molar-refractivity contribution in [2.24, 2.45) is 5.73 Å². The van der Waals surface area contributed by atoms with Gasteiger partial charge in [0.2, 0.25) is 0 Å². The maximum Gasteiger partial charge on any atom is -0.000835 e. The molecule has 0 spiro atoms. The minimum absolute atomic E-state index is 0.734. The summed E-state index contributed by atoms with van der Waals surface area (Å²) in [6.45, 7) is 5.11. The monoisotopic (exact) mass is 206 g/mol. The normalized spacial score (nSPS) is 10.5. The Morgan fingerprint density at radius 1 is 1.00 bits per heavy atom. The van der Waals surface area contributed by atoms with Crippen molar-refractivity contribution >= 4 is 0 Å². The quantitative estimate of drug-likeness (QED) is 0.667. The first-order valence-electron chi connectivity index (χ1n) is 5.85. The van der Waals surface area contributed by atoms with Gasteiger partial charge in [0.15, 0.2) is 0 Å². The fourth-order valence-electron chi connectivity index (χ4n) is 1.57. The van der Waals surface area contributed by atoms with Gasteiger partial charge in [-0.2, -0.15) is 0 Å². The lowest BCUT2D eigenvalue weighted by molar-refractivity contribution is 0.671. The molecule has 0 aliphatic carbocycles. The van der Waals surface area contributed by atoms with Gasteiger partial charge in [0.05, 0.1) is 0 Å². The smallest absolute Gasteiger partial charge is 0.000835 e. The highest BCUT2D eigenvalue weighted by Gasteiger charge is 1.94. The Balaban J connectivity index is 2.29. The summed E-state index contributed by atoms with van der Waals surface area (Å²) in [4.78, 5) is 0. The summed E-state index contributed by atoms with van der Waals surface area (Å²) < 4.78 is 0. The average Bonchev–Trinajstić information content (AvgIpc) is 2.27. The summed E-state index contributed by atoms with van der Waals surface area (Å²) >= 11 is 0. The Morgan fingerprint density at radius 2 is 1.60 bits per heavy atom. The van der Waals surface area contributed by atoms with E-state index in [-0.39, 0.29) is 0 Å². The Kier molecular flexibility index (Phi) is 6.05. The third kappa shape index (κ3) is 4.96. The van der Waals surface area contributed by atoms with Gasteiger partial charge >= 0.3 is 0 Å². The molecular weight excluding hydrogens is 184 g/mol. The number of hydrogen-bond acceptors (Lipinski definition) is 2. The Morgan fingerprint density at radius 3 is 2.13 bits per heavy atom. The van der Waals surface area contributed by atoms with Crippen molar-refractivity contribution in [2.45, 2.75) is 26.2 Å². The average molecular weight is 206 g/mol. The van der Waals surface area contributed by atoms with Gasteiger partial charge in [-0.15, -0.1) is 0 Å². The van der Waals surface area contributed by atoms with E-state index in [9.17, 15) is 0 Å². The van der Waals surface area contributed by atoms with Crippen LogP contribution >= 0.6 is 0 Å². The first kappa shape index (κ1) is 12.2. The van der Waals surface area contributed by atoms with Gasteiger partial charge in [-0.3, -0.25) is 0 Å². The minimum atomic E-state index is 0.734. The first-order chi connectivity index (χ1) is 7.36. The van der Waals surface area contributed by atoms with E-state index in [0.29, 0.717) is 0 Å². The standard InChI is InChI=1S/C13H22N2/c1-2-10-15-11-8-13-5-3-12(4-6-13)7-9-14/h3-6,15H,2,7-11,14H2,1H3. The molecule has 0 heterocycles. The predicted molar refractivity (Wildman–Crippen MR) is 66.1 cm³/mol. The van der Waals surface area contributed by atoms with Crippen LogP contribution in [0.15, 0.2) is 24.3 Å². The van der Waals surface area contributed by atoms with E-state index in [1.807, 2.05) is 0 Å². The molecule has 1 aromatic rings. The molecule has 0 aliphatic rings. The molecule has 0 fully saturated rings. The van der Waals surface area contributed by atoms with Gasteiger partial charge in [-0.25, -0.2) is 0 Å². The maximum absolute atomic E-state index is 5.50. The fourth-order valence-corrected chi connectivity index (χ4v) is 1.57. The van der Waals surface area contributed by atoms with Crippen LogP contribution in [0.2, 0.25) is 0 Å². The molecule has 3 N–H and O–H groups in total. The molecule has 0 atom stereocenters. The van der Waals surface area contributed by atoms with Crippen molar-refractivity contribution in [1.82, 2.24) is 5.32 Å². The number of nitrogens with one attached hydrogen (secondary N) is 1. The number of hydrogen-bond donors (Lipinski definition) is 2. The largest absolute Gasteiger partial charge is 0.330 e. The van der Waals surface area contributed by atoms with Crippen LogP contribution in [0.1, 0.15) is 24.5 Å². The maximum atomic E-state index is 5.50. The third-order valence-electron chi connectivity index (χ3n) is 2.47. The fraction of sp³-hybridized carbons (Fsp3) is 0.538. The summed E-state index contributed by atoms with van der Waals surface area (Å²) in [5.74, 6) is 0. The Bertz CT molecular complexity index is 254. The van der Waals surface area contributed by atoms with Crippen LogP contribution in [0.5, 0.6) is 0 Å². The molecule has 0 saturated carbocycles.